The van der Waals surface area contributed by atoms with E-state index < -0.39 is 11.7 Å². The van der Waals surface area contributed by atoms with Crippen LogP contribution in [0.2, 0.25) is 0 Å². The number of primary amides is 1. The number of hydrazine groups is 1. The fourth-order valence-corrected chi connectivity index (χ4v) is 1.28. The van der Waals surface area contributed by atoms with Crippen LogP contribution in [0.3, 0.4) is 0 Å². The third-order valence-electron chi connectivity index (χ3n) is 2.18. The van der Waals surface area contributed by atoms with Crippen molar-refractivity contribution < 1.29 is 18.7 Å². The highest BCUT2D eigenvalue weighted by atomic mass is 19.1. The van der Waals surface area contributed by atoms with Gasteiger partial charge in [-0.3, -0.25) is 15.0 Å². The number of carbonyl (C=O) groups excluding carboxylic acids is 2. The first-order valence-electron chi connectivity index (χ1n) is 5.26. The zero-order chi connectivity index (χ0) is 13.5. The van der Waals surface area contributed by atoms with Crippen LogP contribution in [0, 0.1) is 5.82 Å². The number of hydrogen-bond donors (Lipinski definition) is 3. The van der Waals surface area contributed by atoms with Crippen molar-refractivity contribution in [2.75, 3.05) is 6.61 Å². The summed E-state index contributed by atoms with van der Waals surface area (Å²) in [6.45, 7) is 0.239. The monoisotopic (exact) mass is 255 g/mol. The zero-order valence-corrected chi connectivity index (χ0v) is 9.61. The van der Waals surface area contributed by atoms with E-state index in [1.165, 1.54) is 12.1 Å². The number of carbonyl (C=O) groups is 2. The lowest BCUT2D eigenvalue weighted by Gasteiger charge is -2.07. The molecule has 0 unspecified atom stereocenters. The molecule has 0 aliphatic rings. The molecule has 0 aliphatic carbocycles. The maximum Gasteiger partial charge on any atom is 0.251 e. The lowest BCUT2D eigenvalue weighted by Crippen LogP contribution is -2.29. The molecule has 5 N–H and O–H groups in total. The molecule has 1 rings (SSSR count). The molecule has 0 radical (unpaired) electrons. The molecular formula is C11H14FN3O3. The Kier molecular flexibility index (Phi) is 5.06. The number of amides is 2. The quantitative estimate of drug-likeness (QED) is 0.289. The second kappa shape index (κ2) is 6.55. The number of nitrogens with two attached hydrogens (primary N) is 2. The molecule has 0 saturated heterocycles. The SMILES string of the molecule is NNC(=O)CCCOc1ccc(C(N)=O)c(F)c1. The minimum Gasteiger partial charge on any atom is -0.493 e. The van der Waals surface area contributed by atoms with Gasteiger partial charge >= 0.3 is 0 Å². The summed E-state index contributed by atoms with van der Waals surface area (Å²) in [7, 11) is 0. The van der Waals surface area contributed by atoms with Crippen LogP contribution in [0.5, 0.6) is 5.75 Å². The number of ether oxygens (including phenoxy) is 1. The summed E-state index contributed by atoms with van der Waals surface area (Å²) in [5.41, 5.74) is 6.76. The van der Waals surface area contributed by atoms with Crippen LogP contribution < -0.4 is 21.7 Å². The van der Waals surface area contributed by atoms with E-state index >= 15 is 0 Å². The van der Waals surface area contributed by atoms with Crippen LogP contribution in [0.1, 0.15) is 23.2 Å². The summed E-state index contributed by atoms with van der Waals surface area (Å²) in [5.74, 6) is 3.30. The van der Waals surface area contributed by atoms with Crippen molar-refractivity contribution in [3.05, 3.63) is 29.6 Å². The Morgan fingerprint density at radius 3 is 2.67 bits per heavy atom. The van der Waals surface area contributed by atoms with Gasteiger partial charge < -0.3 is 10.5 Å². The van der Waals surface area contributed by atoms with Gasteiger partial charge in [0.1, 0.15) is 11.6 Å². The summed E-state index contributed by atoms with van der Waals surface area (Å²) >= 11 is 0. The van der Waals surface area contributed by atoms with Gasteiger partial charge in [0, 0.05) is 12.5 Å². The standard InChI is InChI=1S/C11H14FN3O3/c12-9-6-7(3-4-8(9)11(13)17)18-5-1-2-10(16)15-14/h3-4,6H,1-2,5,14H2,(H2,13,17)(H,15,16). The van der Waals surface area contributed by atoms with Crippen molar-refractivity contribution in [3.63, 3.8) is 0 Å². The van der Waals surface area contributed by atoms with E-state index in [0.717, 1.165) is 6.07 Å². The van der Waals surface area contributed by atoms with Crippen molar-refractivity contribution in [1.82, 2.24) is 5.43 Å². The molecule has 1 aromatic carbocycles. The highest BCUT2D eigenvalue weighted by Crippen LogP contribution is 2.16. The number of hydrogen-bond acceptors (Lipinski definition) is 4. The first-order valence-corrected chi connectivity index (χ1v) is 5.26. The first kappa shape index (κ1) is 13.9. The van der Waals surface area contributed by atoms with E-state index in [4.69, 9.17) is 16.3 Å². The second-order valence-electron chi connectivity index (χ2n) is 3.53. The van der Waals surface area contributed by atoms with Gasteiger partial charge in [-0.1, -0.05) is 0 Å². The van der Waals surface area contributed by atoms with Crippen LogP contribution in [0.4, 0.5) is 4.39 Å². The Hall–Kier alpha value is -2.15. The Morgan fingerprint density at radius 2 is 2.11 bits per heavy atom. The largest absolute Gasteiger partial charge is 0.493 e. The molecule has 2 amide bonds. The number of halogens is 1. The number of nitrogens with one attached hydrogen (secondary N) is 1. The topological polar surface area (TPSA) is 107 Å². The Balaban J connectivity index is 2.46. The van der Waals surface area contributed by atoms with Crippen LogP contribution in [-0.4, -0.2) is 18.4 Å². The maximum absolute atomic E-state index is 13.3. The van der Waals surface area contributed by atoms with Gasteiger partial charge in [-0.25, -0.2) is 10.2 Å². The van der Waals surface area contributed by atoms with E-state index in [0.29, 0.717) is 6.42 Å². The minimum atomic E-state index is -0.835. The van der Waals surface area contributed by atoms with Gasteiger partial charge in [-0.15, -0.1) is 0 Å². The summed E-state index contributed by atoms with van der Waals surface area (Å²) in [5, 5.41) is 0. The fraction of sp³-hybridized carbons (Fsp3) is 0.273. The van der Waals surface area contributed by atoms with Gasteiger partial charge in [-0.05, 0) is 18.6 Å². The van der Waals surface area contributed by atoms with Crippen molar-refractivity contribution >= 4 is 11.8 Å². The maximum atomic E-state index is 13.3. The van der Waals surface area contributed by atoms with Crippen LogP contribution in [0.25, 0.3) is 0 Å². The van der Waals surface area contributed by atoms with Gasteiger partial charge in [0.05, 0.1) is 12.2 Å². The van der Waals surface area contributed by atoms with Crippen molar-refractivity contribution in [3.8, 4) is 5.75 Å². The highest BCUT2D eigenvalue weighted by Gasteiger charge is 2.09. The van der Waals surface area contributed by atoms with E-state index in [9.17, 15) is 14.0 Å². The molecule has 1 aromatic rings. The van der Waals surface area contributed by atoms with Gasteiger partial charge in [-0.2, -0.15) is 0 Å². The molecule has 7 heteroatoms. The predicted octanol–water partition coefficient (Wildman–Crippen LogP) is 0.0735. The average molecular weight is 255 g/mol. The Bertz CT molecular complexity index is 451. The molecule has 0 spiro atoms. The van der Waals surface area contributed by atoms with Crippen molar-refractivity contribution in [1.29, 1.82) is 0 Å². The summed E-state index contributed by atoms with van der Waals surface area (Å²) in [6, 6.07) is 3.76. The predicted molar refractivity (Wildman–Crippen MR) is 62.0 cm³/mol. The van der Waals surface area contributed by atoms with Crippen LogP contribution in [-0.2, 0) is 4.79 Å². The Morgan fingerprint density at radius 1 is 1.39 bits per heavy atom. The molecule has 0 aromatic heterocycles. The van der Waals surface area contributed by atoms with Crippen LogP contribution >= 0.6 is 0 Å². The van der Waals surface area contributed by atoms with Crippen molar-refractivity contribution in [2.24, 2.45) is 11.6 Å². The summed E-state index contributed by atoms with van der Waals surface area (Å²) < 4.78 is 18.5. The van der Waals surface area contributed by atoms with Crippen LogP contribution in [0.15, 0.2) is 18.2 Å². The number of rotatable bonds is 6. The lowest BCUT2D eigenvalue weighted by molar-refractivity contribution is -0.121. The summed E-state index contributed by atoms with van der Waals surface area (Å²) in [6.07, 6.45) is 0.667. The van der Waals surface area contributed by atoms with E-state index in [-0.39, 0.29) is 30.2 Å². The van der Waals surface area contributed by atoms with E-state index in [2.05, 4.69) is 0 Å². The van der Waals surface area contributed by atoms with Crippen molar-refractivity contribution in [2.45, 2.75) is 12.8 Å². The fourth-order valence-electron chi connectivity index (χ4n) is 1.28. The normalized spacial score (nSPS) is 9.89. The van der Waals surface area contributed by atoms with Gasteiger partial charge in [0.25, 0.3) is 5.91 Å². The summed E-state index contributed by atoms with van der Waals surface area (Å²) in [4.78, 5) is 21.6. The average Bonchev–Trinajstić information content (AvgIpc) is 2.34. The molecule has 0 aliphatic heterocycles. The molecule has 6 nitrogen and oxygen atoms in total. The van der Waals surface area contributed by atoms with Gasteiger partial charge in [0.2, 0.25) is 5.91 Å². The minimum absolute atomic E-state index is 0.190. The third kappa shape index (κ3) is 4.02. The smallest absolute Gasteiger partial charge is 0.251 e. The highest BCUT2D eigenvalue weighted by molar-refractivity contribution is 5.93. The molecule has 18 heavy (non-hydrogen) atoms. The second-order valence-corrected chi connectivity index (χ2v) is 3.53. The third-order valence-corrected chi connectivity index (χ3v) is 2.18. The number of benzene rings is 1. The lowest BCUT2D eigenvalue weighted by atomic mass is 10.2. The molecule has 0 saturated carbocycles. The molecule has 98 valence electrons. The van der Waals surface area contributed by atoms with Gasteiger partial charge in [0.15, 0.2) is 0 Å². The van der Waals surface area contributed by atoms with E-state index in [1.54, 1.807) is 0 Å². The molecule has 0 heterocycles. The first-order chi connectivity index (χ1) is 8.54. The zero-order valence-electron chi connectivity index (χ0n) is 9.61. The van der Waals surface area contributed by atoms with E-state index in [1.807, 2.05) is 5.43 Å². The molecule has 0 bridgehead atoms. The molecule has 0 atom stereocenters. The molecule has 0 fully saturated rings. The Labute approximate surface area is 103 Å². The molecular weight excluding hydrogens is 241 g/mol.